The van der Waals surface area contributed by atoms with Gasteiger partial charge >= 0.3 is 6.18 Å². The molecule has 1 unspecified atom stereocenters. The molecule has 0 bridgehead atoms. The average molecular weight is 280 g/mol. The Balaban J connectivity index is 2.48. The molecule has 0 fully saturated rings. The largest absolute Gasteiger partial charge is 0.396 e. The second-order valence-electron chi connectivity index (χ2n) is 3.53. The molecule has 15 heavy (non-hydrogen) atoms. The van der Waals surface area contributed by atoms with Crippen LogP contribution in [0.15, 0.2) is 22.7 Å². The van der Waals surface area contributed by atoms with Gasteiger partial charge in [0.1, 0.15) is 0 Å². The summed E-state index contributed by atoms with van der Waals surface area (Å²) >= 11 is 3.27. The first-order chi connectivity index (χ1) is 7.00. The van der Waals surface area contributed by atoms with Gasteiger partial charge in [-0.15, -0.1) is 0 Å². The van der Waals surface area contributed by atoms with Crippen LogP contribution in [-0.2, 0) is 6.54 Å². The maximum absolute atomic E-state index is 12.7. The zero-order valence-corrected chi connectivity index (χ0v) is 9.32. The maximum atomic E-state index is 12.7. The molecule has 2 rings (SSSR count). The van der Waals surface area contributed by atoms with E-state index >= 15 is 0 Å². The highest BCUT2D eigenvalue weighted by Gasteiger charge is 2.42. The van der Waals surface area contributed by atoms with Gasteiger partial charge in [0.2, 0.25) is 0 Å². The van der Waals surface area contributed by atoms with Crippen molar-refractivity contribution in [1.29, 1.82) is 0 Å². The first kappa shape index (κ1) is 11.0. The topological polar surface area (TPSA) is 12.0 Å². The number of nitrogens with one attached hydrogen (secondary N) is 1. The Bertz CT molecular complexity index is 375. The number of hydrogen-bond acceptors (Lipinski definition) is 1. The zero-order chi connectivity index (χ0) is 11.1. The molecular formula is C10H9BrF3N. The van der Waals surface area contributed by atoms with E-state index in [2.05, 4.69) is 21.2 Å². The van der Waals surface area contributed by atoms with E-state index in [1.807, 2.05) is 0 Å². The van der Waals surface area contributed by atoms with Gasteiger partial charge in [-0.05, 0) is 17.2 Å². The third kappa shape index (κ3) is 2.03. The van der Waals surface area contributed by atoms with Crippen LogP contribution < -0.4 is 5.32 Å². The third-order valence-electron chi connectivity index (χ3n) is 2.58. The quantitative estimate of drug-likeness (QED) is 0.769. The van der Waals surface area contributed by atoms with Crippen LogP contribution in [0.5, 0.6) is 0 Å². The molecule has 1 aromatic rings. The Hall–Kier alpha value is -0.550. The molecule has 1 aromatic carbocycles. The van der Waals surface area contributed by atoms with Gasteiger partial charge in [0, 0.05) is 17.6 Å². The van der Waals surface area contributed by atoms with E-state index in [9.17, 15) is 13.2 Å². The van der Waals surface area contributed by atoms with Crippen LogP contribution >= 0.6 is 15.9 Å². The van der Waals surface area contributed by atoms with Crippen molar-refractivity contribution >= 4 is 15.9 Å². The van der Waals surface area contributed by atoms with Crippen LogP contribution in [0.3, 0.4) is 0 Å². The van der Waals surface area contributed by atoms with Crippen LogP contribution in [0.25, 0.3) is 0 Å². The second kappa shape index (κ2) is 3.79. The summed E-state index contributed by atoms with van der Waals surface area (Å²) in [4.78, 5) is 0. The number of benzene rings is 1. The molecule has 1 nitrogen and oxygen atoms in total. The summed E-state index contributed by atoms with van der Waals surface area (Å²) in [6, 6.07) is 4.96. The van der Waals surface area contributed by atoms with Gasteiger partial charge in [0.25, 0.3) is 0 Å². The Morgan fingerprint density at radius 3 is 2.73 bits per heavy atom. The zero-order valence-electron chi connectivity index (χ0n) is 7.74. The molecule has 82 valence electrons. The van der Waals surface area contributed by atoms with Crippen molar-refractivity contribution in [3.05, 3.63) is 33.8 Å². The van der Waals surface area contributed by atoms with Crippen molar-refractivity contribution in [2.24, 2.45) is 0 Å². The highest BCUT2D eigenvalue weighted by Crippen LogP contribution is 2.39. The molecular weight excluding hydrogens is 271 g/mol. The molecule has 0 aliphatic carbocycles. The molecule has 1 aliphatic heterocycles. The van der Waals surface area contributed by atoms with Gasteiger partial charge in [-0.25, -0.2) is 0 Å². The summed E-state index contributed by atoms with van der Waals surface area (Å²) < 4.78 is 38.8. The summed E-state index contributed by atoms with van der Waals surface area (Å²) in [7, 11) is 0. The highest BCUT2D eigenvalue weighted by atomic mass is 79.9. The van der Waals surface area contributed by atoms with E-state index in [-0.39, 0.29) is 6.54 Å². The van der Waals surface area contributed by atoms with Crippen molar-refractivity contribution in [2.75, 3.05) is 6.54 Å². The van der Waals surface area contributed by atoms with Gasteiger partial charge in [0.05, 0.1) is 5.92 Å². The Labute approximate surface area is 93.8 Å². The van der Waals surface area contributed by atoms with Gasteiger partial charge in [0.15, 0.2) is 0 Å². The predicted molar refractivity (Wildman–Crippen MR) is 54.6 cm³/mol. The van der Waals surface area contributed by atoms with Gasteiger partial charge < -0.3 is 5.32 Å². The summed E-state index contributed by atoms with van der Waals surface area (Å²) in [5.41, 5.74) is 1.10. The van der Waals surface area contributed by atoms with E-state index in [1.54, 1.807) is 18.2 Å². The van der Waals surface area contributed by atoms with Crippen LogP contribution in [0, 0.1) is 0 Å². The third-order valence-corrected chi connectivity index (χ3v) is 3.32. The standard InChI is InChI=1S/C10H9BrF3N/c11-9-3-1-2-6-7(9)4-15-5-8(6)10(12,13)14/h1-3,8,15H,4-5H2. The minimum atomic E-state index is -4.18. The van der Waals surface area contributed by atoms with Gasteiger partial charge in [-0.1, -0.05) is 28.1 Å². The predicted octanol–water partition coefficient (Wildman–Crippen LogP) is 3.20. The van der Waals surface area contributed by atoms with E-state index in [1.165, 1.54) is 0 Å². The molecule has 0 saturated heterocycles. The van der Waals surface area contributed by atoms with Crippen molar-refractivity contribution in [3.63, 3.8) is 0 Å². The maximum Gasteiger partial charge on any atom is 0.396 e. The molecule has 0 radical (unpaired) electrons. The Kier molecular flexibility index (Phi) is 2.77. The summed E-state index contributed by atoms with van der Waals surface area (Å²) in [6.45, 7) is 0.455. The lowest BCUT2D eigenvalue weighted by Gasteiger charge is -2.28. The van der Waals surface area contributed by atoms with Crippen molar-refractivity contribution in [3.8, 4) is 0 Å². The fraction of sp³-hybridized carbons (Fsp3) is 0.400. The Morgan fingerprint density at radius 1 is 1.33 bits per heavy atom. The van der Waals surface area contributed by atoms with Crippen molar-refractivity contribution in [2.45, 2.75) is 18.6 Å². The molecule has 1 aliphatic rings. The fourth-order valence-electron chi connectivity index (χ4n) is 1.83. The first-order valence-corrected chi connectivity index (χ1v) is 5.34. The molecule has 1 atom stereocenters. The molecule has 0 spiro atoms. The number of hydrogen-bond donors (Lipinski definition) is 1. The molecule has 5 heteroatoms. The van der Waals surface area contributed by atoms with Crippen LogP contribution in [0.1, 0.15) is 17.0 Å². The average Bonchev–Trinajstić information content (AvgIpc) is 2.16. The molecule has 0 saturated carbocycles. The normalized spacial score (nSPS) is 21.2. The molecule has 1 heterocycles. The van der Waals surface area contributed by atoms with Gasteiger partial charge in [-0.2, -0.15) is 13.2 Å². The van der Waals surface area contributed by atoms with E-state index < -0.39 is 12.1 Å². The summed E-state index contributed by atoms with van der Waals surface area (Å²) in [6.07, 6.45) is -4.18. The fourth-order valence-corrected chi connectivity index (χ4v) is 2.35. The van der Waals surface area contributed by atoms with Crippen molar-refractivity contribution in [1.82, 2.24) is 5.32 Å². The van der Waals surface area contributed by atoms with Crippen LogP contribution in [0.2, 0.25) is 0 Å². The van der Waals surface area contributed by atoms with E-state index in [0.29, 0.717) is 17.7 Å². The smallest absolute Gasteiger partial charge is 0.312 e. The minimum Gasteiger partial charge on any atom is -0.312 e. The van der Waals surface area contributed by atoms with Crippen LogP contribution in [-0.4, -0.2) is 12.7 Å². The highest BCUT2D eigenvalue weighted by molar-refractivity contribution is 9.10. The SMILES string of the molecule is FC(F)(F)C1CNCc2c(Br)cccc21. The van der Waals surface area contributed by atoms with E-state index in [0.717, 1.165) is 4.47 Å². The van der Waals surface area contributed by atoms with Crippen LogP contribution in [0.4, 0.5) is 13.2 Å². The second-order valence-corrected chi connectivity index (χ2v) is 4.39. The monoisotopic (exact) mass is 279 g/mol. The number of rotatable bonds is 0. The number of fused-ring (bicyclic) bond motifs is 1. The number of halogens is 4. The lowest BCUT2D eigenvalue weighted by Crippen LogP contribution is -2.36. The molecule has 0 aromatic heterocycles. The molecule has 0 amide bonds. The number of alkyl halides is 3. The van der Waals surface area contributed by atoms with Crippen molar-refractivity contribution < 1.29 is 13.2 Å². The minimum absolute atomic E-state index is 0.0348. The summed E-state index contributed by atoms with van der Waals surface area (Å²) in [5, 5.41) is 2.79. The summed E-state index contributed by atoms with van der Waals surface area (Å²) in [5.74, 6) is -1.39. The van der Waals surface area contributed by atoms with E-state index in [4.69, 9.17) is 0 Å². The van der Waals surface area contributed by atoms with Gasteiger partial charge in [-0.3, -0.25) is 0 Å². The Morgan fingerprint density at radius 2 is 2.07 bits per heavy atom. The molecule has 1 N–H and O–H groups in total. The first-order valence-electron chi connectivity index (χ1n) is 4.55. The lowest BCUT2D eigenvalue weighted by molar-refractivity contribution is -0.150. The lowest BCUT2D eigenvalue weighted by atomic mass is 9.90.